The van der Waals surface area contributed by atoms with Crippen LogP contribution in [-0.4, -0.2) is 48.3 Å². The van der Waals surface area contributed by atoms with E-state index in [1.165, 1.54) is 51.7 Å². The van der Waals surface area contributed by atoms with Crippen LogP contribution < -0.4 is 5.32 Å². The quantitative estimate of drug-likeness (QED) is 0.640. The van der Waals surface area contributed by atoms with Gasteiger partial charge in [0.15, 0.2) is 0 Å². The van der Waals surface area contributed by atoms with Crippen LogP contribution in [-0.2, 0) is 0 Å². The van der Waals surface area contributed by atoms with Gasteiger partial charge in [-0.2, -0.15) is 0 Å². The molecule has 2 N–H and O–H groups in total. The fourth-order valence-electron chi connectivity index (χ4n) is 3.72. The molecule has 1 rings (SSSR count). The zero-order valence-corrected chi connectivity index (χ0v) is 13.2. The molecular formula is C16H34N2O. The Bertz CT molecular complexity index is 229. The highest BCUT2D eigenvalue weighted by Crippen LogP contribution is 2.37. The van der Waals surface area contributed by atoms with Crippen LogP contribution in [0.5, 0.6) is 0 Å². The highest BCUT2D eigenvalue weighted by molar-refractivity contribution is 4.98. The summed E-state index contributed by atoms with van der Waals surface area (Å²) in [5.74, 6) is 0.647. The lowest BCUT2D eigenvalue weighted by molar-refractivity contribution is 0.112. The third-order valence-corrected chi connectivity index (χ3v) is 4.64. The van der Waals surface area contributed by atoms with Gasteiger partial charge in [0.05, 0.1) is 6.61 Å². The fourth-order valence-corrected chi connectivity index (χ4v) is 3.72. The van der Waals surface area contributed by atoms with Crippen molar-refractivity contribution >= 4 is 0 Å². The molecule has 114 valence electrons. The normalized spacial score (nSPS) is 27.3. The van der Waals surface area contributed by atoms with Gasteiger partial charge in [-0.1, -0.05) is 27.2 Å². The van der Waals surface area contributed by atoms with E-state index in [1.54, 1.807) is 0 Å². The Labute approximate surface area is 119 Å². The number of nitrogens with one attached hydrogen (secondary N) is 1. The monoisotopic (exact) mass is 270 g/mol. The van der Waals surface area contributed by atoms with E-state index in [2.05, 4.69) is 31.0 Å². The van der Waals surface area contributed by atoms with Crippen LogP contribution in [0.25, 0.3) is 0 Å². The summed E-state index contributed by atoms with van der Waals surface area (Å²) in [7, 11) is 0. The van der Waals surface area contributed by atoms with Gasteiger partial charge in [-0.05, 0) is 64.2 Å². The van der Waals surface area contributed by atoms with Crippen LogP contribution in [0.2, 0.25) is 0 Å². The van der Waals surface area contributed by atoms with Crippen molar-refractivity contribution in [1.29, 1.82) is 0 Å². The summed E-state index contributed by atoms with van der Waals surface area (Å²) < 4.78 is 0. The summed E-state index contributed by atoms with van der Waals surface area (Å²) in [4.78, 5) is 2.59. The first-order valence-corrected chi connectivity index (χ1v) is 8.30. The molecule has 2 atom stereocenters. The number of hydrogen-bond donors (Lipinski definition) is 2. The maximum absolute atomic E-state index is 9.81. The number of aliphatic hydroxyl groups is 1. The summed E-state index contributed by atoms with van der Waals surface area (Å²) in [6.45, 7) is 11.6. The molecule has 0 saturated heterocycles. The van der Waals surface area contributed by atoms with Gasteiger partial charge in [0.2, 0.25) is 0 Å². The van der Waals surface area contributed by atoms with Gasteiger partial charge in [0.1, 0.15) is 0 Å². The van der Waals surface area contributed by atoms with Crippen molar-refractivity contribution < 1.29 is 5.11 Å². The van der Waals surface area contributed by atoms with E-state index in [9.17, 15) is 5.11 Å². The minimum absolute atomic E-state index is 0.0127. The van der Waals surface area contributed by atoms with E-state index in [1.807, 2.05) is 0 Å². The third-order valence-electron chi connectivity index (χ3n) is 4.64. The number of likely N-dealkylation sites (N-methyl/N-ethyl adjacent to an activating group) is 1. The van der Waals surface area contributed by atoms with Crippen LogP contribution in [0.4, 0.5) is 0 Å². The van der Waals surface area contributed by atoms with Crippen LogP contribution in [0.3, 0.4) is 0 Å². The Balaban J connectivity index is 2.49. The molecule has 1 fully saturated rings. The molecule has 0 radical (unpaired) electrons. The zero-order chi connectivity index (χ0) is 14.1. The summed E-state index contributed by atoms with van der Waals surface area (Å²) in [6.07, 6.45) is 7.39. The smallest absolute Gasteiger partial charge is 0.0616 e. The molecule has 0 amide bonds. The van der Waals surface area contributed by atoms with E-state index in [0.717, 1.165) is 13.0 Å². The highest BCUT2D eigenvalue weighted by Gasteiger charge is 2.41. The molecule has 3 heteroatoms. The lowest BCUT2D eigenvalue weighted by Gasteiger charge is -2.36. The number of hydrogen-bond acceptors (Lipinski definition) is 3. The highest BCUT2D eigenvalue weighted by atomic mass is 16.3. The average Bonchev–Trinajstić information content (AvgIpc) is 2.80. The molecule has 0 spiro atoms. The summed E-state index contributed by atoms with van der Waals surface area (Å²) >= 11 is 0. The first-order chi connectivity index (χ1) is 9.22. The van der Waals surface area contributed by atoms with Crippen LogP contribution in [0, 0.1) is 5.92 Å². The van der Waals surface area contributed by atoms with Gasteiger partial charge in [-0.3, -0.25) is 0 Å². The van der Waals surface area contributed by atoms with Gasteiger partial charge >= 0.3 is 0 Å². The first-order valence-electron chi connectivity index (χ1n) is 8.30. The molecule has 0 aromatic rings. The third kappa shape index (κ3) is 4.73. The molecule has 2 unspecified atom stereocenters. The molecule has 1 aliphatic rings. The maximum atomic E-state index is 9.81. The predicted octanol–water partition coefficient (Wildman–Crippen LogP) is 2.64. The molecule has 1 aliphatic carbocycles. The van der Waals surface area contributed by atoms with Crippen molar-refractivity contribution in [3.05, 3.63) is 0 Å². The first kappa shape index (κ1) is 16.9. The van der Waals surface area contributed by atoms with Crippen molar-refractivity contribution in [2.45, 2.75) is 64.8 Å². The van der Waals surface area contributed by atoms with Gasteiger partial charge < -0.3 is 15.3 Å². The summed E-state index contributed by atoms with van der Waals surface area (Å²) in [5.41, 5.74) is 0.0127. The molecular weight excluding hydrogens is 236 g/mol. The second-order valence-corrected chi connectivity index (χ2v) is 6.06. The number of nitrogens with zero attached hydrogens (tertiary/aromatic N) is 1. The SMILES string of the molecule is CCCN(CCC)CCC1CCCC1(CO)NCC. The lowest BCUT2D eigenvalue weighted by atomic mass is 9.85. The van der Waals surface area contributed by atoms with Crippen molar-refractivity contribution in [2.75, 3.05) is 32.8 Å². The Morgan fingerprint density at radius 2 is 1.84 bits per heavy atom. The predicted molar refractivity (Wildman–Crippen MR) is 82.5 cm³/mol. The van der Waals surface area contributed by atoms with Crippen LogP contribution in [0.1, 0.15) is 59.3 Å². The molecule has 0 aromatic heterocycles. The Morgan fingerprint density at radius 1 is 1.16 bits per heavy atom. The largest absolute Gasteiger partial charge is 0.394 e. The van der Waals surface area contributed by atoms with Gasteiger partial charge in [0.25, 0.3) is 0 Å². The average molecular weight is 270 g/mol. The molecule has 19 heavy (non-hydrogen) atoms. The minimum Gasteiger partial charge on any atom is -0.394 e. The van der Waals surface area contributed by atoms with Crippen molar-refractivity contribution in [3.63, 3.8) is 0 Å². The number of rotatable bonds is 10. The van der Waals surface area contributed by atoms with Crippen LogP contribution in [0.15, 0.2) is 0 Å². The second-order valence-electron chi connectivity index (χ2n) is 6.06. The molecule has 0 bridgehead atoms. The van der Waals surface area contributed by atoms with Gasteiger partial charge in [-0.15, -0.1) is 0 Å². The number of aliphatic hydroxyl groups excluding tert-OH is 1. The maximum Gasteiger partial charge on any atom is 0.0616 e. The lowest BCUT2D eigenvalue weighted by Crippen LogP contribution is -2.52. The molecule has 0 heterocycles. The molecule has 3 nitrogen and oxygen atoms in total. The zero-order valence-electron chi connectivity index (χ0n) is 13.2. The van der Waals surface area contributed by atoms with Gasteiger partial charge in [0, 0.05) is 5.54 Å². The van der Waals surface area contributed by atoms with Crippen molar-refractivity contribution in [1.82, 2.24) is 10.2 Å². The van der Waals surface area contributed by atoms with E-state index >= 15 is 0 Å². The van der Waals surface area contributed by atoms with E-state index in [-0.39, 0.29) is 5.54 Å². The van der Waals surface area contributed by atoms with Crippen molar-refractivity contribution in [3.8, 4) is 0 Å². The molecule has 1 saturated carbocycles. The van der Waals surface area contributed by atoms with E-state index < -0.39 is 0 Å². The van der Waals surface area contributed by atoms with Gasteiger partial charge in [-0.25, -0.2) is 0 Å². The standard InChI is InChI=1S/C16H34N2O/c1-4-11-18(12-5-2)13-9-15-8-7-10-16(15,14-19)17-6-3/h15,17,19H,4-14H2,1-3H3. The Kier molecular flexibility index (Phi) is 7.96. The van der Waals surface area contributed by atoms with Crippen LogP contribution >= 0.6 is 0 Å². The fraction of sp³-hybridized carbons (Fsp3) is 1.00. The molecule has 0 aliphatic heterocycles. The Hall–Kier alpha value is -0.120. The topological polar surface area (TPSA) is 35.5 Å². The Morgan fingerprint density at radius 3 is 2.37 bits per heavy atom. The molecule has 0 aromatic carbocycles. The second kappa shape index (κ2) is 8.93. The van der Waals surface area contributed by atoms with E-state index in [0.29, 0.717) is 12.5 Å². The minimum atomic E-state index is 0.0127. The van der Waals surface area contributed by atoms with Crippen molar-refractivity contribution in [2.24, 2.45) is 5.92 Å². The van der Waals surface area contributed by atoms with E-state index in [4.69, 9.17) is 0 Å². The summed E-state index contributed by atoms with van der Waals surface area (Å²) in [6, 6.07) is 0. The summed E-state index contributed by atoms with van der Waals surface area (Å²) in [5, 5.41) is 13.4.